The fourth-order valence-electron chi connectivity index (χ4n) is 0.658. The second-order valence-electron chi connectivity index (χ2n) is 3.85. The van der Waals surface area contributed by atoms with Crippen molar-refractivity contribution in [3.05, 3.63) is 0 Å². The van der Waals surface area contributed by atoms with E-state index >= 15 is 0 Å². The first-order valence-electron chi connectivity index (χ1n) is 6.77. The van der Waals surface area contributed by atoms with Crippen molar-refractivity contribution in [2.24, 2.45) is 0 Å². The summed E-state index contributed by atoms with van der Waals surface area (Å²) in [4.78, 5) is 10.9. The van der Waals surface area contributed by atoms with Crippen molar-refractivity contribution in [1.29, 1.82) is 0 Å². The van der Waals surface area contributed by atoms with Crippen LogP contribution in [0.5, 0.6) is 0 Å². The van der Waals surface area contributed by atoms with Crippen molar-refractivity contribution in [1.82, 2.24) is 4.90 Å². The van der Waals surface area contributed by atoms with E-state index in [-0.39, 0.29) is 0 Å². The van der Waals surface area contributed by atoms with Gasteiger partial charge in [-0.05, 0) is 6.42 Å². The van der Waals surface area contributed by atoms with E-state index in [4.69, 9.17) is 10.2 Å². The smallest absolute Gasteiger partial charge is 0.209 e. The Labute approximate surface area is 114 Å². The highest BCUT2D eigenvalue weighted by atomic mass is 16.3. The van der Waals surface area contributed by atoms with E-state index in [0.717, 1.165) is 26.4 Å². The summed E-state index contributed by atoms with van der Waals surface area (Å²) in [6, 6.07) is 0. The molecule has 0 bridgehead atoms. The second kappa shape index (κ2) is 36.0. The lowest BCUT2D eigenvalue weighted by Crippen LogP contribution is -2.06. The Kier molecular flexibility index (Phi) is 52.1. The summed E-state index contributed by atoms with van der Waals surface area (Å²) < 4.78 is 0. The van der Waals surface area contributed by atoms with Gasteiger partial charge in [-0.15, -0.1) is 0 Å². The molecule has 0 rings (SSSR count). The Morgan fingerprint density at radius 1 is 0.889 bits per heavy atom. The predicted molar refractivity (Wildman–Crippen MR) is 79.7 cm³/mol. The number of hydrogen-bond acceptors (Lipinski definition) is 3. The molecule has 0 aromatic rings. The molecular weight excluding hydrogens is 230 g/mol. The molecule has 0 heterocycles. The Morgan fingerprint density at radius 2 is 1.17 bits per heavy atom. The molecule has 1 amide bonds. The standard InChI is InChI=1S/C6H14.C4H10O.C3H7NO.CH4O/c1-3-5-6-4-2;1-2-3-4-5;1-4(2)3-5;1-2/h3-6H2,1-2H3;5H,2-4H2,1H3;3H,1-2H3;2H,1H3. The largest absolute Gasteiger partial charge is 0.400 e. The van der Waals surface area contributed by atoms with E-state index in [1.165, 1.54) is 30.6 Å². The van der Waals surface area contributed by atoms with E-state index in [1.54, 1.807) is 14.1 Å². The van der Waals surface area contributed by atoms with Crippen molar-refractivity contribution in [3.63, 3.8) is 0 Å². The van der Waals surface area contributed by atoms with Crippen molar-refractivity contribution in [2.45, 2.75) is 59.3 Å². The van der Waals surface area contributed by atoms with Crippen LogP contribution in [0.2, 0.25) is 0 Å². The zero-order chi connectivity index (χ0) is 15.2. The maximum atomic E-state index is 9.43. The molecular formula is C14H35NO3. The topological polar surface area (TPSA) is 60.8 Å². The summed E-state index contributed by atoms with van der Waals surface area (Å²) in [5.74, 6) is 0. The summed E-state index contributed by atoms with van der Waals surface area (Å²) >= 11 is 0. The molecule has 0 fully saturated rings. The van der Waals surface area contributed by atoms with Crippen LogP contribution >= 0.6 is 0 Å². The molecule has 0 saturated heterocycles. The maximum Gasteiger partial charge on any atom is 0.209 e. The third-order valence-corrected chi connectivity index (χ3v) is 1.68. The van der Waals surface area contributed by atoms with Gasteiger partial charge in [-0.25, -0.2) is 0 Å². The average molecular weight is 265 g/mol. The molecule has 2 N–H and O–H groups in total. The van der Waals surface area contributed by atoms with Gasteiger partial charge in [0.15, 0.2) is 0 Å². The van der Waals surface area contributed by atoms with Gasteiger partial charge < -0.3 is 15.1 Å². The van der Waals surface area contributed by atoms with Gasteiger partial charge in [0.2, 0.25) is 6.41 Å². The van der Waals surface area contributed by atoms with Gasteiger partial charge in [-0.2, -0.15) is 0 Å². The van der Waals surface area contributed by atoms with Gasteiger partial charge in [0.05, 0.1) is 0 Å². The number of carbonyl (C=O) groups is 1. The van der Waals surface area contributed by atoms with Crippen molar-refractivity contribution < 1.29 is 15.0 Å². The monoisotopic (exact) mass is 265 g/mol. The second-order valence-corrected chi connectivity index (χ2v) is 3.85. The quantitative estimate of drug-likeness (QED) is 0.573. The number of aliphatic hydroxyl groups is 2. The molecule has 0 aliphatic heterocycles. The minimum atomic E-state index is 0.344. The highest BCUT2D eigenvalue weighted by Gasteiger charge is 1.75. The summed E-state index contributed by atoms with van der Waals surface area (Å²) in [6.07, 6.45) is 8.32. The Hall–Kier alpha value is -0.610. The molecule has 0 aliphatic rings. The molecule has 0 radical (unpaired) electrons. The van der Waals surface area contributed by atoms with Crippen LogP contribution in [0.4, 0.5) is 0 Å². The Balaban J connectivity index is -0.0000000766. The van der Waals surface area contributed by atoms with Crippen molar-refractivity contribution in [3.8, 4) is 0 Å². The highest BCUT2D eigenvalue weighted by Crippen LogP contribution is 1.95. The summed E-state index contributed by atoms with van der Waals surface area (Å²) in [5, 5.41) is 15.1. The van der Waals surface area contributed by atoms with Crippen molar-refractivity contribution in [2.75, 3.05) is 27.8 Å². The van der Waals surface area contributed by atoms with Crippen LogP contribution in [-0.2, 0) is 4.79 Å². The molecule has 0 spiro atoms. The van der Waals surface area contributed by atoms with Gasteiger partial charge >= 0.3 is 0 Å². The SMILES string of the molecule is CCCCCC.CCCCO.CN(C)C=O.CO. The maximum absolute atomic E-state index is 9.43. The molecule has 0 aliphatic carbocycles. The first-order valence-corrected chi connectivity index (χ1v) is 6.77. The van der Waals surface area contributed by atoms with Crippen LogP contribution in [0, 0.1) is 0 Å². The minimum absolute atomic E-state index is 0.344. The van der Waals surface area contributed by atoms with Gasteiger partial charge in [0.1, 0.15) is 0 Å². The lowest BCUT2D eigenvalue weighted by atomic mass is 10.2. The highest BCUT2D eigenvalue weighted by molar-refractivity contribution is 5.45. The van der Waals surface area contributed by atoms with Gasteiger partial charge in [-0.3, -0.25) is 4.79 Å². The molecule has 0 aromatic heterocycles. The van der Waals surface area contributed by atoms with E-state index in [1.807, 2.05) is 0 Å². The lowest BCUT2D eigenvalue weighted by molar-refractivity contribution is -0.115. The van der Waals surface area contributed by atoms with Crippen LogP contribution in [0.25, 0.3) is 0 Å². The number of amides is 1. The fourth-order valence-corrected chi connectivity index (χ4v) is 0.658. The van der Waals surface area contributed by atoms with Gasteiger partial charge in [0.25, 0.3) is 0 Å². The lowest BCUT2D eigenvalue weighted by Gasteiger charge is -1.93. The van der Waals surface area contributed by atoms with Crippen LogP contribution in [0.15, 0.2) is 0 Å². The van der Waals surface area contributed by atoms with E-state index in [9.17, 15) is 4.79 Å². The number of aliphatic hydroxyl groups excluding tert-OH is 2. The summed E-state index contributed by atoms with van der Waals surface area (Å²) in [6.45, 7) is 6.86. The van der Waals surface area contributed by atoms with Gasteiger partial charge in [0, 0.05) is 27.8 Å². The van der Waals surface area contributed by atoms with Crippen LogP contribution in [0.1, 0.15) is 59.3 Å². The number of rotatable bonds is 6. The van der Waals surface area contributed by atoms with Gasteiger partial charge in [-0.1, -0.05) is 52.9 Å². The van der Waals surface area contributed by atoms with Crippen molar-refractivity contribution >= 4 is 6.41 Å². The zero-order valence-corrected chi connectivity index (χ0v) is 13.3. The predicted octanol–water partition coefficient (Wildman–Crippen LogP) is 2.68. The molecule has 0 aromatic carbocycles. The molecule has 4 heteroatoms. The normalized spacial score (nSPS) is 7.56. The number of hydrogen-bond donors (Lipinski definition) is 2. The Morgan fingerprint density at radius 3 is 1.22 bits per heavy atom. The summed E-state index contributed by atoms with van der Waals surface area (Å²) in [7, 11) is 4.38. The van der Waals surface area contributed by atoms with Crippen LogP contribution in [0.3, 0.4) is 0 Å². The Bertz CT molecular complexity index is 103. The minimum Gasteiger partial charge on any atom is -0.400 e. The molecule has 18 heavy (non-hydrogen) atoms. The number of carbonyl (C=O) groups excluding carboxylic acids is 1. The third kappa shape index (κ3) is 78.0. The average Bonchev–Trinajstić information content (AvgIpc) is 2.41. The summed E-state index contributed by atoms with van der Waals surface area (Å²) in [5.41, 5.74) is 0. The molecule has 0 atom stereocenters. The van der Waals surface area contributed by atoms with E-state index in [2.05, 4.69) is 20.8 Å². The first kappa shape index (κ1) is 26.1. The number of nitrogens with zero attached hydrogens (tertiary/aromatic N) is 1. The molecule has 0 unspecified atom stereocenters. The van der Waals surface area contributed by atoms with E-state index in [0.29, 0.717) is 6.61 Å². The molecule has 4 nitrogen and oxygen atoms in total. The zero-order valence-electron chi connectivity index (χ0n) is 13.3. The van der Waals surface area contributed by atoms with Crippen LogP contribution in [-0.4, -0.2) is 49.3 Å². The third-order valence-electron chi connectivity index (χ3n) is 1.68. The number of unbranched alkanes of at least 4 members (excludes halogenated alkanes) is 4. The fraction of sp³-hybridized carbons (Fsp3) is 0.929. The molecule has 0 saturated carbocycles. The first-order chi connectivity index (χ1) is 8.60. The molecule has 114 valence electrons. The van der Waals surface area contributed by atoms with E-state index < -0.39 is 0 Å². The van der Waals surface area contributed by atoms with Crippen LogP contribution < -0.4 is 0 Å².